The lowest BCUT2D eigenvalue weighted by Crippen LogP contribution is -2.23. The van der Waals surface area contributed by atoms with Crippen LogP contribution in [0.25, 0.3) is 0 Å². The van der Waals surface area contributed by atoms with Gasteiger partial charge in [0.2, 0.25) is 0 Å². The third-order valence-corrected chi connectivity index (χ3v) is 5.11. The Kier molecular flexibility index (Phi) is 6.03. The van der Waals surface area contributed by atoms with Gasteiger partial charge in [0.25, 0.3) is 0 Å². The molecule has 1 rings (SSSR count). The molecule has 0 bridgehead atoms. The Bertz CT molecular complexity index is 206. The van der Waals surface area contributed by atoms with E-state index in [0.29, 0.717) is 5.41 Å². The van der Waals surface area contributed by atoms with Gasteiger partial charge in [-0.25, -0.2) is 0 Å². The molecule has 17 heavy (non-hydrogen) atoms. The molecular formula is C17H34. The largest absolute Gasteiger partial charge is 0.0654 e. The van der Waals surface area contributed by atoms with Gasteiger partial charge in [0.05, 0.1) is 0 Å². The van der Waals surface area contributed by atoms with Gasteiger partial charge in [0, 0.05) is 0 Å². The van der Waals surface area contributed by atoms with Crippen molar-refractivity contribution in [2.24, 2.45) is 23.2 Å². The molecule has 0 saturated heterocycles. The average molecular weight is 238 g/mol. The Morgan fingerprint density at radius 2 is 1.88 bits per heavy atom. The van der Waals surface area contributed by atoms with E-state index in [1.165, 1.54) is 51.4 Å². The van der Waals surface area contributed by atoms with E-state index in [9.17, 15) is 0 Å². The zero-order valence-electron chi connectivity index (χ0n) is 12.9. The molecule has 0 aliphatic heterocycles. The summed E-state index contributed by atoms with van der Waals surface area (Å²) in [4.78, 5) is 0. The van der Waals surface area contributed by atoms with Crippen molar-refractivity contribution in [1.29, 1.82) is 0 Å². The third kappa shape index (κ3) is 4.64. The maximum Gasteiger partial charge on any atom is -0.0297 e. The average Bonchev–Trinajstić information content (AvgIpc) is 2.61. The van der Waals surface area contributed by atoms with Crippen LogP contribution >= 0.6 is 0 Å². The van der Waals surface area contributed by atoms with Crippen molar-refractivity contribution in [1.82, 2.24) is 0 Å². The molecule has 0 aromatic heterocycles. The van der Waals surface area contributed by atoms with E-state index in [1.807, 2.05) is 0 Å². The predicted molar refractivity (Wildman–Crippen MR) is 78.2 cm³/mol. The van der Waals surface area contributed by atoms with E-state index in [2.05, 4.69) is 34.6 Å². The van der Waals surface area contributed by atoms with Crippen molar-refractivity contribution < 1.29 is 0 Å². The van der Waals surface area contributed by atoms with Crippen molar-refractivity contribution in [2.45, 2.75) is 86.0 Å². The van der Waals surface area contributed by atoms with Gasteiger partial charge in [-0.15, -0.1) is 0 Å². The maximum absolute atomic E-state index is 2.56. The molecule has 0 nitrogen and oxygen atoms in total. The first-order valence-corrected chi connectivity index (χ1v) is 7.98. The third-order valence-electron chi connectivity index (χ3n) is 5.11. The summed E-state index contributed by atoms with van der Waals surface area (Å²) in [5.74, 6) is 2.82. The van der Waals surface area contributed by atoms with Gasteiger partial charge in [-0.2, -0.15) is 0 Å². The summed E-state index contributed by atoms with van der Waals surface area (Å²) in [5, 5.41) is 0. The minimum Gasteiger partial charge on any atom is -0.0654 e. The topological polar surface area (TPSA) is 0 Å². The van der Waals surface area contributed by atoms with Crippen LogP contribution in [-0.2, 0) is 0 Å². The second kappa shape index (κ2) is 6.81. The molecule has 0 heteroatoms. The molecule has 3 atom stereocenters. The van der Waals surface area contributed by atoms with Gasteiger partial charge in [-0.3, -0.25) is 0 Å². The second-order valence-electron chi connectivity index (χ2n) is 7.29. The fourth-order valence-corrected chi connectivity index (χ4v) is 3.77. The molecule has 0 radical (unpaired) electrons. The number of unbranched alkanes of at least 4 members (excludes halogenated alkanes) is 2. The minimum atomic E-state index is 0.654. The molecule has 102 valence electrons. The fraction of sp³-hybridized carbons (Fsp3) is 1.00. The molecule has 0 heterocycles. The summed E-state index contributed by atoms with van der Waals surface area (Å²) in [6, 6.07) is 0. The molecule has 0 N–H and O–H groups in total. The number of hydrogen-bond donors (Lipinski definition) is 0. The van der Waals surface area contributed by atoms with Crippen molar-refractivity contribution in [2.75, 3.05) is 0 Å². The van der Waals surface area contributed by atoms with E-state index < -0.39 is 0 Å². The van der Waals surface area contributed by atoms with Gasteiger partial charge in [-0.05, 0) is 48.9 Å². The van der Waals surface area contributed by atoms with E-state index in [4.69, 9.17) is 0 Å². The van der Waals surface area contributed by atoms with Crippen LogP contribution in [0.5, 0.6) is 0 Å². The lowest BCUT2D eigenvalue weighted by molar-refractivity contribution is 0.173. The van der Waals surface area contributed by atoms with Crippen molar-refractivity contribution >= 4 is 0 Å². The molecule has 1 aliphatic carbocycles. The Balaban J connectivity index is 2.35. The second-order valence-corrected chi connectivity index (χ2v) is 7.29. The summed E-state index contributed by atoms with van der Waals surface area (Å²) in [6.07, 6.45) is 11.7. The first kappa shape index (κ1) is 15.1. The van der Waals surface area contributed by atoms with Crippen LogP contribution in [0.15, 0.2) is 0 Å². The van der Waals surface area contributed by atoms with Crippen molar-refractivity contribution in [3.63, 3.8) is 0 Å². The van der Waals surface area contributed by atoms with Crippen LogP contribution in [0, 0.1) is 23.2 Å². The smallest absolute Gasteiger partial charge is 0.0297 e. The van der Waals surface area contributed by atoms with Crippen LogP contribution in [0.2, 0.25) is 0 Å². The first-order valence-electron chi connectivity index (χ1n) is 7.98. The van der Waals surface area contributed by atoms with Gasteiger partial charge >= 0.3 is 0 Å². The summed E-state index contributed by atoms with van der Waals surface area (Å²) < 4.78 is 0. The fourth-order valence-electron chi connectivity index (χ4n) is 3.77. The van der Waals surface area contributed by atoms with Gasteiger partial charge in [0.1, 0.15) is 0 Å². The molecule has 1 fully saturated rings. The van der Waals surface area contributed by atoms with Gasteiger partial charge in [0.15, 0.2) is 0 Å². The van der Waals surface area contributed by atoms with E-state index in [-0.39, 0.29) is 0 Å². The Hall–Kier alpha value is 0. The lowest BCUT2D eigenvalue weighted by Gasteiger charge is -2.33. The van der Waals surface area contributed by atoms with Gasteiger partial charge in [-0.1, -0.05) is 60.3 Å². The monoisotopic (exact) mass is 238 g/mol. The van der Waals surface area contributed by atoms with Crippen molar-refractivity contribution in [3.05, 3.63) is 0 Å². The number of hydrogen-bond acceptors (Lipinski definition) is 0. The highest BCUT2D eigenvalue weighted by molar-refractivity contribution is 4.89. The van der Waals surface area contributed by atoms with E-state index in [0.717, 1.165) is 17.8 Å². The van der Waals surface area contributed by atoms with Crippen LogP contribution in [0.4, 0.5) is 0 Å². The SMILES string of the molecule is CCCCCC1CCC(C)(C(C)CC(C)C)C1. The first-order chi connectivity index (χ1) is 7.98. The summed E-state index contributed by atoms with van der Waals surface area (Å²) >= 11 is 0. The maximum atomic E-state index is 2.56. The Morgan fingerprint density at radius 3 is 2.47 bits per heavy atom. The number of rotatable bonds is 7. The van der Waals surface area contributed by atoms with E-state index >= 15 is 0 Å². The van der Waals surface area contributed by atoms with Crippen molar-refractivity contribution in [3.8, 4) is 0 Å². The Morgan fingerprint density at radius 1 is 1.18 bits per heavy atom. The molecule has 0 spiro atoms. The zero-order valence-corrected chi connectivity index (χ0v) is 12.9. The highest BCUT2D eigenvalue weighted by Crippen LogP contribution is 2.49. The summed E-state index contributed by atoms with van der Waals surface area (Å²) in [5.41, 5.74) is 0.654. The summed E-state index contributed by atoms with van der Waals surface area (Å²) in [6.45, 7) is 12.1. The van der Waals surface area contributed by atoms with Crippen LogP contribution in [0.3, 0.4) is 0 Å². The molecule has 0 aromatic carbocycles. The van der Waals surface area contributed by atoms with Crippen LogP contribution in [0.1, 0.15) is 86.0 Å². The van der Waals surface area contributed by atoms with E-state index in [1.54, 1.807) is 0 Å². The van der Waals surface area contributed by atoms with Crippen LogP contribution < -0.4 is 0 Å². The highest BCUT2D eigenvalue weighted by atomic mass is 14.4. The molecule has 0 aromatic rings. The normalized spacial score (nSPS) is 31.1. The standard InChI is InChI=1S/C17H34/c1-6-7-8-9-16-10-11-17(5,13-16)15(4)12-14(2)3/h14-16H,6-13H2,1-5H3. The predicted octanol–water partition coefficient (Wildman–Crippen LogP) is 6.06. The molecule has 0 amide bonds. The Labute approximate surface area is 110 Å². The molecule has 1 aliphatic rings. The molecule has 1 saturated carbocycles. The quantitative estimate of drug-likeness (QED) is 0.473. The minimum absolute atomic E-state index is 0.654. The lowest BCUT2D eigenvalue weighted by atomic mass is 9.72. The van der Waals surface area contributed by atoms with Gasteiger partial charge < -0.3 is 0 Å². The zero-order chi connectivity index (χ0) is 12.9. The molecular weight excluding hydrogens is 204 g/mol. The highest BCUT2D eigenvalue weighted by Gasteiger charge is 2.38. The molecule has 3 unspecified atom stereocenters. The van der Waals surface area contributed by atoms with Crippen LogP contribution in [-0.4, -0.2) is 0 Å². The summed E-state index contributed by atoms with van der Waals surface area (Å²) in [7, 11) is 0.